The van der Waals surface area contributed by atoms with Crippen LogP contribution < -0.4 is 20.3 Å². The highest BCUT2D eigenvalue weighted by Gasteiger charge is 2.18. The van der Waals surface area contributed by atoms with E-state index < -0.39 is 11.7 Å². The minimum absolute atomic E-state index is 0.0371. The van der Waals surface area contributed by atoms with Crippen molar-refractivity contribution in [1.82, 2.24) is 24.7 Å². The zero-order chi connectivity index (χ0) is 24.2. The quantitative estimate of drug-likeness (QED) is 0.453. The van der Waals surface area contributed by atoms with Gasteiger partial charge in [-0.15, -0.1) is 0 Å². The molecule has 0 saturated heterocycles. The lowest BCUT2D eigenvalue weighted by atomic mass is 10.2. The molecule has 0 saturated carbocycles. The van der Waals surface area contributed by atoms with Crippen LogP contribution in [0.1, 0.15) is 17.4 Å². The molecule has 0 unspecified atom stereocenters. The Bertz CT molecular complexity index is 1350. The molecule has 0 spiro atoms. The van der Waals surface area contributed by atoms with Crippen molar-refractivity contribution in [1.29, 1.82) is 0 Å². The third-order valence-electron chi connectivity index (χ3n) is 5.08. The van der Waals surface area contributed by atoms with Gasteiger partial charge >= 0.3 is 6.03 Å². The lowest BCUT2D eigenvalue weighted by Crippen LogP contribution is -2.28. The molecule has 0 aliphatic rings. The number of hydrogen-bond acceptors (Lipinski definition) is 6. The summed E-state index contributed by atoms with van der Waals surface area (Å²) in [7, 11) is 2.93. The number of imidazole rings is 1. The van der Waals surface area contributed by atoms with E-state index in [1.165, 1.54) is 36.4 Å². The summed E-state index contributed by atoms with van der Waals surface area (Å²) < 4.78 is 20.5. The van der Waals surface area contributed by atoms with E-state index in [1.807, 2.05) is 6.92 Å². The zero-order valence-electron chi connectivity index (χ0n) is 18.7. The number of benzene rings is 1. The van der Waals surface area contributed by atoms with Crippen LogP contribution in [0.5, 0.6) is 5.75 Å². The van der Waals surface area contributed by atoms with E-state index in [2.05, 4.69) is 25.6 Å². The average molecular weight is 463 g/mol. The smallest absolute Gasteiger partial charge is 0.320 e. The molecule has 1 aromatic carbocycles. The summed E-state index contributed by atoms with van der Waals surface area (Å²) in [5.74, 6) is -0.474. The second kappa shape index (κ2) is 9.53. The Hall–Kier alpha value is -4.54. The molecule has 0 atom stereocenters. The van der Waals surface area contributed by atoms with Gasteiger partial charge in [0.2, 0.25) is 0 Å². The van der Waals surface area contributed by atoms with Gasteiger partial charge in [0.1, 0.15) is 11.5 Å². The maximum absolute atomic E-state index is 13.7. The van der Waals surface area contributed by atoms with E-state index in [4.69, 9.17) is 4.74 Å². The number of anilines is 2. The number of urea groups is 1. The van der Waals surface area contributed by atoms with Crippen LogP contribution in [0.3, 0.4) is 0 Å². The Morgan fingerprint density at radius 1 is 1.12 bits per heavy atom. The number of nitrogens with one attached hydrogen (secondary N) is 2. The Morgan fingerprint density at radius 2 is 1.94 bits per heavy atom. The van der Waals surface area contributed by atoms with Gasteiger partial charge in [0, 0.05) is 43.3 Å². The fourth-order valence-electron chi connectivity index (χ4n) is 3.30. The number of methoxy groups -OCH3 is 1. The molecule has 0 bridgehead atoms. The van der Waals surface area contributed by atoms with Gasteiger partial charge in [0.05, 0.1) is 25.2 Å². The lowest BCUT2D eigenvalue weighted by molar-refractivity contribution is 0.0987. The molecule has 0 radical (unpaired) electrons. The first-order chi connectivity index (χ1) is 16.4. The number of hydrogen-bond donors (Lipinski definition) is 2. The van der Waals surface area contributed by atoms with Crippen molar-refractivity contribution in [2.45, 2.75) is 6.92 Å². The van der Waals surface area contributed by atoms with Gasteiger partial charge in [-0.25, -0.2) is 24.1 Å². The minimum atomic E-state index is -0.518. The van der Waals surface area contributed by atoms with Gasteiger partial charge in [-0.05, 0) is 31.2 Å². The molecule has 4 rings (SSSR count). The summed E-state index contributed by atoms with van der Waals surface area (Å²) >= 11 is 0. The second-order valence-electron chi connectivity index (χ2n) is 7.24. The van der Waals surface area contributed by atoms with Crippen molar-refractivity contribution < 1.29 is 18.7 Å². The van der Waals surface area contributed by atoms with E-state index in [0.717, 1.165) is 5.56 Å². The number of amides is 3. The first kappa shape index (κ1) is 22.6. The fraction of sp³-hybridized carbons (Fsp3) is 0.174. The summed E-state index contributed by atoms with van der Waals surface area (Å²) in [5.41, 5.74) is 2.59. The highest BCUT2D eigenvalue weighted by molar-refractivity contribution is 6.04. The van der Waals surface area contributed by atoms with Crippen molar-refractivity contribution in [2.75, 3.05) is 30.9 Å². The summed E-state index contributed by atoms with van der Waals surface area (Å²) in [5, 5.41) is 5.27. The molecular weight excluding hydrogens is 441 g/mol. The molecule has 0 aliphatic heterocycles. The van der Waals surface area contributed by atoms with Crippen molar-refractivity contribution in [3.63, 3.8) is 0 Å². The van der Waals surface area contributed by atoms with Crippen LogP contribution in [0.15, 0.2) is 55.1 Å². The third-order valence-corrected chi connectivity index (χ3v) is 5.08. The van der Waals surface area contributed by atoms with Gasteiger partial charge in [-0.2, -0.15) is 0 Å². The van der Waals surface area contributed by atoms with Crippen molar-refractivity contribution in [3.8, 4) is 17.0 Å². The molecule has 0 aliphatic carbocycles. The molecule has 3 amide bonds. The molecule has 3 heterocycles. The summed E-state index contributed by atoms with van der Waals surface area (Å²) in [6.07, 6.45) is 6.32. The largest absolute Gasteiger partial charge is 0.494 e. The van der Waals surface area contributed by atoms with Crippen LogP contribution in [-0.2, 0) is 0 Å². The van der Waals surface area contributed by atoms with Crippen LogP contribution in [0.2, 0.25) is 0 Å². The maximum Gasteiger partial charge on any atom is 0.320 e. The Balaban J connectivity index is 1.61. The number of rotatable bonds is 6. The highest BCUT2D eigenvalue weighted by atomic mass is 19.1. The maximum atomic E-state index is 13.7. The molecular formula is C23H22FN7O3. The van der Waals surface area contributed by atoms with Gasteiger partial charge < -0.3 is 15.0 Å². The van der Waals surface area contributed by atoms with Gasteiger partial charge in [0.15, 0.2) is 17.2 Å². The first-order valence-corrected chi connectivity index (χ1v) is 10.4. The molecule has 3 aromatic heterocycles. The number of pyridine rings is 1. The van der Waals surface area contributed by atoms with Crippen LogP contribution in [-0.4, -0.2) is 52.0 Å². The van der Waals surface area contributed by atoms with Crippen LogP contribution in [0.25, 0.3) is 16.9 Å². The zero-order valence-corrected chi connectivity index (χ0v) is 18.7. The fourth-order valence-corrected chi connectivity index (χ4v) is 3.30. The Morgan fingerprint density at radius 3 is 2.65 bits per heavy atom. The number of nitrogens with zero attached hydrogens (tertiary/aromatic N) is 5. The normalized spacial score (nSPS) is 10.7. The summed E-state index contributed by atoms with van der Waals surface area (Å²) in [6.45, 7) is 2.33. The SMILES string of the molecule is CCNC(=O)Nc1ccc(-c2cnc3cnc(C(=O)N(C)c4ccc(F)c(OC)c4)cn23)cn1. The molecule has 34 heavy (non-hydrogen) atoms. The molecule has 174 valence electrons. The molecule has 0 fully saturated rings. The van der Waals surface area contributed by atoms with Gasteiger partial charge in [-0.3, -0.25) is 14.5 Å². The second-order valence-corrected chi connectivity index (χ2v) is 7.24. The Kier molecular flexibility index (Phi) is 6.35. The topological polar surface area (TPSA) is 114 Å². The van der Waals surface area contributed by atoms with E-state index in [1.54, 1.807) is 42.2 Å². The number of fused-ring (bicyclic) bond motifs is 1. The van der Waals surface area contributed by atoms with E-state index >= 15 is 0 Å². The van der Waals surface area contributed by atoms with Crippen LogP contribution in [0, 0.1) is 5.82 Å². The summed E-state index contributed by atoms with van der Waals surface area (Å²) in [4.78, 5) is 38.9. The first-order valence-electron chi connectivity index (χ1n) is 10.4. The molecule has 10 nitrogen and oxygen atoms in total. The lowest BCUT2D eigenvalue weighted by Gasteiger charge is -2.18. The molecule has 4 aromatic rings. The standard InChI is InChI=1S/C23H22FN7O3/c1-4-25-23(33)29-20-8-5-14(10-27-20)18-11-28-21-12-26-17(13-31(18)21)22(32)30(2)15-6-7-16(24)19(9-15)34-3/h5-13H,4H2,1-3H3,(H2,25,27,29,33). The van der Waals surface area contributed by atoms with Crippen molar-refractivity contribution >= 4 is 29.1 Å². The summed E-state index contributed by atoms with van der Waals surface area (Å²) in [6, 6.07) is 7.29. The Labute approximate surface area is 194 Å². The number of ether oxygens (including phenoxy) is 1. The third kappa shape index (κ3) is 4.49. The average Bonchev–Trinajstić information content (AvgIpc) is 3.27. The minimum Gasteiger partial charge on any atom is -0.494 e. The van der Waals surface area contributed by atoms with Gasteiger partial charge in [0.25, 0.3) is 5.91 Å². The van der Waals surface area contributed by atoms with Gasteiger partial charge in [-0.1, -0.05) is 0 Å². The number of aromatic nitrogens is 4. The number of carbonyl (C=O) groups excluding carboxylic acids is 2. The van der Waals surface area contributed by atoms with E-state index in [0.29, 0.717) is 29.4 Å². The van der Waals surface area contributed by atoms with Crippen molar-refractivity contribution in [2.24, 2.45) is 0 Å². The molecule has 11 heteroatoms. The predicted molar refractivity (Wildman–Crippen MR) is 125 cm³/mol. The monoisotopic (exact) mass is 463 g/mol. The van der Waals surface area contributed by atoms with Crippen molar-refractivity contribution in [3.05, 3.63) is 66.6 Å². The number of carbonyl (C=O) groups is 2. The highest BCUT2D eigenvalue weighted by Crippen LogP contribution is 2.25. The molecule has 2 N–H and O–H groups in total. The number of halogens is 1. The van der Waals surface area contributed by atoms with E-state index in [-0.39, 0.29) is 17.5 Å². The predicted octanol–water partition coefficient (Wildman–Crippen LogP) is 3.36. The van der Waals surface area contributed by atoms with Crippen LogP contribution >= 0.6 is 0 Å². The van der Waals surface area contributed by atoms with Crippen LogP contribution in [0.4, 0.5) is 20.7 Å². The van der Waals surface area contributed by atoms with E-state index in [9.17, 15) is 14.0 Å².